The van der Waals surface area contributed by atoms with Gasteiger partial charge in [0, 0.05) is 32.9 Å². The third kappa shape index (κ3) is 3.21. The van der Waals surface area contributed by atoms with Crippen molar-refractivity contribution in [1.29, 1.82) is 0 Å². The molecule has 1 aliphatic rings. The summed E-state index contributed by atoms with van der Waals surface area (Å²) in [6.45, 7) is 4.62. The molecule has 0 bridgehead atoms. The Balaban J connectivity index is 1.84. The number of nitrogens with two attached hydrogens (primary N) is 1. The molecule has 1 aromatic heterocycles. The molecule has 2 N–H and O–H groups in total. The van der Waals surface area contributed by atoms with Crippen LogP contribution in [0, 0.1) is 0 Å². The van der Waals surface area contributed by atoms with Gasteiger partial charge in [0.2, 0.25) is 5.88 Å². The highest BCUT2D eigenvalue weighted by molar-refractivity contribution is 5.94. The largest absolute Gasteiger partial charge is 0.475 e. The Morgan fingerprint density at radius 1 is 1.56 bits per heavy atom. The molecule has 2 heterocycles. The van der Waals surface area contributed by atoms with Crippen LogP contribution in [0.3, 0.4) is 0 Å². The monoisotopic (exact) mass is 254 g/mol. The summed E-state index contributed by atoms with van der Waals surface area (Å²) in [5.74, 6) is -0.220. The van der Waals surface area contributed by atoms with Crippen molar-refractivity contribution < 1.29 is 14.3 Å². The van der Waals surface area contributed by atoms with Gasteiger partial charge in [0.25, 0.3) is 5.91 Å². The lowest BCUT2D eigenvalue weighted by Gasteiger charge is -2.26. The fraction of sp³-hybridized carbons (Fsp3) is 0.636. The smallest absolute Gasteiger partial charge is 0.255 e. The van der Waals surface area contributed by atoms with Crippen molar-refractivity contribution in [1.82, 2.24) is 14.7 Å². The third-order valence-electron chi connectivity index (χ3n) is 2.81. The summed E-state index contributed by atoms with van der Waals surface area (Å²) in [6.07, 6.45) is 1.56. The van der Waals surface area contributed by atoms with E-state index in [-0.39, 0.29) is 0 Å². The van der Waals surface area contributed by atoms with Gasteiger partial charge in [-0.15, -0.1) is 5.10 Å². The standard InChI is InChI=1S/C11H18N4O3/c1-14-8-9(10(12)16)11(13-14)18-7-4-15-2-5-17-6-3-15/h8H,2-7H2,1H3,(H2,12,16). The van der Waals surface area contributed by atoms with Gasteiger partial charge in [-0.05, 0) is 0 Å². The summed E-state index contributed by atoms with van der Waals surface area (Å²) in [7, 11) is 1.72. The molecule has 2 rings (SSSR count). The highest BCUT2D eigenvalue weighted by atomic mass is 16.5. The number of carbonyl (C=O) groups is 1. The van der Waals surface area contributed by atoms with Crippen LogP contribution in [0.15, 0.2) is 6.20 Å². The zero-order valence-corrected chi connectivity index (χ0v) is 10.5. The molecule has 0 saturated carbocycles. The van der Waals surface area contributed by atoms with Crippen LogP contribution in [0.25, 0.3) is 0 Å². The number of primary amides is 1. The van der Waals surface area contributed by atoms with E-state index in [0.29, 0.717) is 18.1 Å². The predicted molar refractivity (Wildman–Crippen MR) is 64.5 cm³/mol. The summed E-state index contributed by atoms with van der Waals surface area (Å²) >= 11 is 0. The summed E-state index contributed by atoms with van der Waals surface area (Å²) in [5, 5.41) is 4.06. The van der Waals surface area contributed by atoms with E-state index < -0.39 is 5.91 Å². The van der Waals surface area contributed by atoms with E-state index in [0.717, 1.165) is 32.8 Å². The minimum Gasteiger partial charge on any atom is -0.475 e. The van der Waals surface area contributed by atoms with Gasteiger partial charge < -0.3 is 15.2 Å². The number of morpholine rings is 1. The first-order chi connectivity index (χ1) is 8.66. The molecule has 0 aliphatic carbocycles. The molecular formula is C11H18N4O3. The molecule has 0 aromatic carbocycles. The van der Waals surface area contributed by atoms with Gasteiger partial charge in [-0.1, -0.05) is 0 Å². The van der Waals surface area contributed by atoms with Gasteiger partial charge in [0.1, 0.15) is 12.2 Å². The molecule has 0 spiro atoms. The zero-order valence-electron chi connectivity index (χ0n) is 10.5. The lowest BCUT2D eigenvalue weighted by molar-refractivity contribution is 0.0319. The van der Waals surface area contributed by atoms with E-state index in [9.17, 15) is 4.79 Å². The Labute approximate surface area is 105 Å². The molecule has 7 heteroatoms. The topological polar surface area (TPSA) is 82.6 Å². The van der Waals surface area contributed by atoms with Gasteiger partial charge in [-0.25, -0.2) is 0 Å². The van der Waals surface area contributed by atoms with E-state index in [1.54, 1.807) is 13.2 Å². The maximum absolute atomic E-state index is 11.2. The van der Waals surface area contributed by atoms with Crippen molar-refractivity contribution in [3.05, 3.63) is 11.8 Å². The van der Waals surface area contributed by atoms with Crippen molar-refractivity contribution in [2.45, 2.75) is 0 Å². The summed E-state index contributed by atoms with van der Waals surface area (Å²) in [5.41, 5.74) is 5.56. The van der Waals surface area contributed by atoms with E-state index in [4.69, 9.17) is 15.2 Å². The zero-order chi connectivity index (χ0) is 13.0. The molecule has 1 fully saturated rings. The Hall–Kier alpha value is -1.60. The van der Waals surface area contributed by atoms with Gasteiger partial charge in [0.15, 0.2) is 0 Å². The average molecular weight is 254 g/mol. The normalized spacial score (nSPS) is 16.7. The number of rotatable bonds is 5. The van der Waals surface area contributed by atoms with Crippen LogP contribution in [0.2, 0.25) is 0 Å². The second kappa shape index (κ2) is 5.83. The van der Waals surface area contributed by atoms with Crippen LogP contribution in [0.1, 0.15) is 10.4 Å². The molecule has 100 valence electrons. The van der Waals surface area contributed by atoms with Gasteiger partial charge in [0.05, 0.1) is 13.2 Å². The molecule has 0 unspecified atom stereocenters. The van der Waals surface area contributed by atoms with E-state index in [1.807, 2.05) is 0 Å². The van der Waals surface area contributed by atoms with Crippen LogP contribution in [0.4, 0.5) is 0 Å². The first kappa shape index (κ1) is 12.8. The number of ether oxygens (including phenoxy) is 2. The highest BCUT2D eigenvalue weighted by Gasteiger charge is 2.15. The SMILES string of the molecule is Cn1cc(C(N)=O)c(OCCN2CCOCC2)n1. The van der Waals surface area contributed by atoms with Crippen molar-refractivity contribution >= 4 is 5.91 Å². The van der Waals surface area contributed by atoms with E-state index in [1.165, 1.54) is 4.68 Å². The van der Waals surface area contributed by atoms with Crippen molar-refractivity contribution in [3.8, 4) is 5.88 Å². The van der Waals surface area contributed by atoms with Crippen LogP contribution in [0.5, 0.6) is 5.88 Å². The van der Waals surface area contributed by atoms with Crippen molar-refractivity contribution in [3.63, 3.8) is 0 Å². The minimum absolute atomic E-state index is 0.304. The Bertz CT molecular complexity index is 412. The molecule has 1 aromatic rings. The van der Waals surface area contributed by atoms with Crippen LogP contribution in [-0.4, -0.2) is 60.0 Å². The maximum atomic E-state index is 11.2. The number of aromatic nitrogens is 2. The average Bonchev–Trinajstić information content (AvgIpc) is 2.72. The lowest BCUT2D eigenvalue weighted by atomic mass is 10.3. The molecular weight excluding hydrogens is 236 g/mol. The first-order valence-corrected chi connectivity index (χ1v) is 5.93. The van der Waals surface area contributed by atoms with Crippen molar-refractivity contribution in [2.75, 3.05) is 39.5 Å². The number of aryl methyl sites for hydroxylation is 1. The fourth-order valence-corrected chi connectivity index (χ4v) is 1.84. The Morgan fingerprint density at radius 2 is 2.28 bits per heavy atom. The molecule has 1 saturated heterocycles. The fourth-order valence-electron chi connectivity index (χ4n) is 1.84. The highest BCUT2D eigenvalue weighted by Crippen LogP contribution is 2.14. The lowest BCUT2D eigenvalue weighted by Crippen LogP contribution is -2.38. The molecule has 1 aliphatic heterocycles. The molecule has 1 amide bonds. The maximum Gasteiger partial charge on any atom is 0.255 e. The predicted octanol–water partition coefficient (Wildman–Crippen LogP) is -0.770. The molecule has 7 nitrogen and oxygen atoms in total. The van der Waals surface area contributed by atoms with Gasteiger partial charge >= 0.3 is 0 Å². The summed E-state index contributed by atoms with van der Waals surface area (Å²) < 4.78 is 12.3. The van der Waals surface area contributed by atoms with Crippen LogP contribution in [-0.2, 0) is 11.8 Å². The third-order valence-corrected chi connectivity index (χ3v) is 2.81. The Morgan fingerprint density at radius 3 is 2.94 bits per heavy atom. The van der Waals surface area contributed by atoms with Crippen LogP contribution >= 0.6 is 0 Å². The molecule has 0 atom stereocenters. The molecule has 18 heavy (non-hydrogen) atoms. The van der Waals surface area contributed by atoms with Crippen molar-refractivity contribution in [2.24, 2.45) is 12.8 Å². The van der Waals surface area contributed by atoms with E-state index in [2.05, 4.69) is 10.00 Å². The number of hydrogen-bond acceptors (Lipinski definition) is 5. The number of carbonyl (C=O) groups excluding carboxylic acids is 1. The number of nitrogens with zero attached hydrogens (tertiary/aromatic N) is 3. The van der Waals surface area contributed by atoms with Gasteiger partial charge in [-0.3, -0.25) is 14.4 Å². The second-order valence-corrected chi connectivity index (χ2v) is 4.19. The number of amides is 1. The van der Waals surface area contributed by atoms with E-state index >= 15 is 0 Å². The second-order valence-electron chi connectivity index (χ2n) is 4.19. The van der Waals surface area contributed by atoms with Crippen LogP contribution < -0.4 is 10.5 Å². The van der Waals surface area contributed by atoms with Gasteiger partial charge in [-0.2, -0.15) is 0 Å². The summed E-state index contributed by atoms with van der Waals surface area (Å²) in [6, 6.07) is 0. The molecule has 0 radical (unpaired) electrons. The quantitative estimate of drug-likeness (QED) is 0.746. The minimum atomic E-state index is -0.524. The Kier molecular flexibility index (Phi) is 4.16. The summed E-state index contributed by atoms with van der Waals surface area (Å²) in [4.78, 5) is 13.4. The first-order valence-electron chi connectivity index (χ1n) is 5.93. The number of hydrogen-bond donors (Lipinski definition) is 1.